The molecule has 9 heteroatoms. The molecule has 2 fully saturated rings. The molecule has 1 aromatic rings. The van der Waals surface area contributed by atoms with Crippen molar-refractivity contribution in [2.24, 2.45) is 28.8 Å². The molecule has 3 N–H and O–H groups in total. The van der Waals surface area contributed by atoms with Crippen molar-refractivity contribution in [3.63, 3.8) is 0 Å². The van der Waals surface area contributed by atoms with Gasteiger partial charge < -0.3 is 5.32 Å². The number of amides is 1. The molecule has 2 aliphatic rings. The minimum atomic E-state index is -4.02. The van der Waals surface area contributed by atoms with Crippen LogP contribution in [0.1, 0.15) is 51.9 Å². The van der Waals surface area contributed by atoms with Crippen LogP contribution in [0, 0.1) is 23.7 Å². The summed E-state index contributed by atoms with van der Waals surface area (Å²) in [5.41, 5.74) is 0.189. The van der Waals surface area contributed by atoms with Gasteiger partial charge in [-0.2, -0.15) is 0 Å². The van der Waals surface area contributed by atoms with Gasteiger partial charge in [0, 0.05) is 36.7 Å². The second-order valence-electron chi connectivity index (χ2n) is 8.32. The highest BCUT2D eigenvalue weighted by Gasteiger charge is 2.47. The van der Waals surface area contributed by atoms with E-state index in [4.69, 9.17) is 5.14 Å². The van der Waals surface area contributed by atoms with Gasteiger partial charge in [-0.1, -0.05) is 26.2 Å². The summed E-state index contributed by atoms with van der Waals surface area (Å²) in [5, 5.41) is 7.30. The van der Waals surface area contributed by atoms with Gasteiger partial charge in [-0.3, -0.25) is 4.79 Å². The van der Waals surface area contributed by atoms with E-state index in [-0.39, 0.29) is 29.0 Å². The Morgan fingerprint density at radius 2 is 2.07 bits per heavy atom. The van der Waals surface area contributed by atoms with E-state index in [1.807, 2.05) is 0 Å². The minimum Gasteiger partial charge on any atom is -0.326 e. The van der Waals surface area contributed by atoms with Crippen LogP contribution in [0.25, 0.3) is 0 Å². The number of primary sulfonamides is 1. The minimum absolute atomic E-state index is 0.0816. The van der Waals surface area contributed by atoms with Crippen LogP contribution >= 0.6 is 0 Å². The van der Waals surface area contributed by atoms with Crippen molar-refractivity contribution >= 4 is 21.6 Å². The van der Waals surface area contributed by atoms with Gasteiger partial charge in [0.05, 0.1) is 0 Å². The molecule has 0 bridgehead atoms. The van der Waals surface area contributed by atoms with E-state index in [0.29, 0.717) is 12.3 Å². The Balaban J connectivity index is 1.79. The van der Waals surface area contributed by atoms with Gasteiger partial charge in [0.1, 0.15) is 0 Å². The van der Waals surface area contributed by atoms with E-state index in [0.717, 1.165) is 31.7 Å². The van der Waals surface area contributed by atoms with Gasteiger partial charge in [0.15, 0.2) is 5.03 Å². The van der Waals surface area contributed by atoms with E-state index in [1.165, 1.54) is 12.3 Å². The lowest BCUT2D eigenvalue weighted by atomic mass is 9.65. The molecule has 156 valence electrons. The molecule has 6 nitrogen and oxygen atoms in total. The van der Waals surface area contributed by atoms with Crippen molar-refractivity contribution in [2.75, 3.05) is 5.32 Å². The van der Waals surface area contributed by atoms with E-state index < -0.39 is 34.2 Å². The molecule has 1 amide bonds. The van der Waals surface area contributed by atoms with Crippen molar-refractivity contribution in [3.8, 4) is 0 Å². The molecule has 3 rings (SSSR count). The average molecular weight is 416 g/mol. The first-order chi connectivity index (χ1) is 13.0. The number of rotatable bonds is 4. The summed E-state index contributed by atoms with van der Waals surface area (Å²) in [7, 11) is -4.02. The van der Waals surface area contributed by atoms with Crippen LogP contribution in [0.5, 0.6) is 0 Å². The van der Waals surface area contributed by atoms with Crippen molar-refractivity contribution in [2.45, 2.75) is 62.8 Å². The fraction of sp³-hybridized carbons (Fsp3) is 0.684. The zero-order chi connectivity index (χ0) is 20.5. The highest BCUT2D eigenvalue weighted by Crippen LogP contribution is 2.47. The molecular formula is C19H27F2N3O3S. The smallest absolute Gasteiger partial charge is 0.255 e. The second-order valence-corrected chi connectivity index (χ2v) is 9.83. The molecule has 1 heterocycles. The molecule has 2 aliphatic carbocycles. The fourth-order valence-electron chi connectivity index (χ4n) is 4.75. The maximum atomic E-state index is 14.1. The number of nitrogens with one attached hydrogen (secondary N) is 1. The summed E-state index contributed by atoms with van der Waals surface area (Å²) in [5.74, 6) is -3.42. The normalized spacial score (nSPS) is 30.6. The van der Waals surface area contributed by atoms with E-state index in [1.54, 1.807) is 0 Å². The molecule has 3 unspecified atom stereocenters. The van der Waals surface area contributed by atoms with Gasteiger partial charge >= 0.3 is 0 Å². The lowest BCUT2D eigenvalue weighted by molar-refractivity contribution is -0.134. The number of aromatic nitrogens is 1. The number of sulfonamides is 1. The third-order valence-electron chi connectivity index (χ3n) is 6.09. The first-order valence-electron chi connectivity index (χ1n) is 9.73. The standard InChI is InChI=1S/C19H27F2N3O3S/c1-12-3-2-4-13(9-12)15-5-7-19(20,21)11-16(15)18(25)24-14-6-8-23-17(10-14)28(22,26)27/h6,8,10,12-13,15-16H,2-5,7,9,11H2,1H3,(H2,22,26,27)(H,23,24,25)/t12?,13?,15-,16?/m1/s1. The maximum absolute atomic E-state index is 14.1. The number of hydrogen-bond acceptors (Lipinski definition) is 4. The maximum Gasteiger partial charge on any atom is 0.255 e. The van der Waals surface area contributed by atoms with E-state index in [2.05, 4.69) is 17.2 Å². The Hall–Kier alpha value is -1.61. The van der Waals surface area contributed by atoms with Crippen LogP contribution in [0.4, 0.5) is 14.5 Å². The molecule has 0 saturated heterocycles. The predicted molar refractivity (Wildman–Crippen MR) is 101 cm³/mol. The van der Waals surface area contributed by atoms with Crippen molar-refractivity contribution in [1.82, 2.24) is 4.98 Å². The van der Waals surface area contributed by atoms with Gasteiger partial charge in [0.25, 0.3) is 10.0 Å². The molecule has 1 aromatic heterocycles. The average Bonchev–Trinajstić information content (AvgIpc) is 2.60. The first kappa shape index (κ1) is 21.1. The van der Waals surface area contributed by atoms with Gasteiger partial charge in [-0.15, -0.1) is 0 Å². The van der Waals surface area contributed by atoms with Crippen LogP contribution in [-0.2, 0) is 14.8 Å². The number of alkyl halides is 2. The highest BCUT2D eigenvalue weighted by molar-refractivity contribution is 7.89. The number of carbonyl (C=O) groups excluding carboxylic acids is 1. The third kappa shape index (κ3) is 5.05. The Morgan fingerprint density at radius 3 is 2.75 bits per heavy atom. The quantitative estimate of drug-likeness (QED) is 0.785. The zero-order valence-corrected chi connectivity index (χ0v) is 16.7. The summed E-state index contributed by atoms with van der Waals surface area (Å²) in [6.07, 6.45) is 5.03. The van der Waals surface area contributed by atoms with Crippen LogP contribution < -0.4 is 10.5 Å². The lowest BCUT2D eigenvalue weighted by Gasteiger charge is -2.42. The van der Waals surface area contributed by atoms with Crippen molar-refractivity contribution in [1.29, 1.82) is 0 Å². The van der Waals surface area contributed by atoms with Crippen molar-refractivity contribution in [3.05, 3.63) is 18.3 Å². The number of hydrogen-bond donors (Lipinski definition) is 2. The summed E-state index contributed by atoms with van der Waals surface area (Å²) in [4.78, 5) is 16.6. The molecular weight excluding hydrogens is 388 g/mol. The number of carbonyl (C=O) groups is 1. The van der Waals surface area contributed by atoms with Crippen LogP contribution in [0.15, 0.2) is 23.4 Å². The van der Waals surface area contributed by atoms with Gasteiger partial charge in [0.2, 0.25) is 11.8 Å². The number of anilines is 1. The number of halogens is 2. The zero-order valence-electron chi connectivity index (χ0n) is 15.9. The molecule has 4 atom stereocenters. The van der Waals surface area contributed by atoms with Crippen LogP contribution in [0.2, 0.25) is 0 Å². The number of nitrogens with two attached hydrogens (primary N) is 1. The van der Waals surface area contributed by atoms with Crippen molar-refractivity contribution < 1.29 is 22.0 Å². The molecule has 0 spiro atoms. The number of nitrogens with zero attached hydrogens (tertiary/aromatic N) is 1. The van der Waals surface area contributed by atoms with Gasteiger partial charge in [-0.25, -0.2) is 27.3 Å². The third-order valence-corrected chi connectivity index (χ3v) is 6.90. The van der Waals surface area contributed by atoms with E-state index in [9.17, 15) is 22.0 Å². The lowest BCUT2D eigenvalue weighted by Crippen LogP contribution is -2.43. The Morgan fingerprint density at radius 1 is 1.32 bits per heavy atom. The molecule has 0 aliphatic heterocycles. The first-order valence-corrected chi connectivity index (χ1v) is 11.3. The fourth-order valence-corrected chi connectivity index (χ4v) is 5.25. The predicted octanol–water partition coefficient (Wildman–Crippen LogP) is 3.55. The molecule has 2 saturated carbocycles. The largest absolute Gasteiger partial charge is 0.326 e. The Kier molecular flexibility index (Phi) is 6.05. The topological polar surface area (TPSA) is 102 Å². The summed E-state index contributed by atoms with van der Waals surface area (Å²) >= 11 is 0. The molecule has 28 heavy (non-hydrogen) atoms. The Labute approximate surface area is 164 Å². The Bertz CT molecular complexity index is 831. The summed E-state index contributed by atoms with van der Waals surface area (Å²) in [6, 6.07) is 2.57. The number of pyridine rings is 1. The van der Waals surface area contributed by atoms with E-state index >= 15 is 0 Å². The van der Waals surface area contributed by atoms with Crippen LogP contribution in [-0.4, -0.2) is 25.2 Å². The highest BCUT2D eigenvalue weighted by atomic mass is 32.2. The SMILES string of the molecule is CC1CCCC([C@H]2CCC(F)(F)CC2C(=O)Nc2ccnc(S(N)(=O)=O)c2)C1. The summed E-state index contributed by atoms with van der Waals surface area (Å²) in [6.45, 7) is 2.17. The summed E-state index contributed by atoms with van der Waals surface area (Å²) < 4.78 is 51.1. The second kappa shape index (κ2) is 8.02. The monoisotopic (exact) mass is 415 g/mol. The molecule has 0 radical (unpaired) electrons. The molecule has 0 aromatic carbocycles. The van der Waals surface area contributed by atoms with Crippen LogP contribution in [0.3, 0.4) is 0 Å². The van der Waals surface area contributed by atoms with Gasteiger partial charge in [-0.05, 0) is 36.7 Å².